The molecular formula is C22H29N5O2. The minimum Gasteiger partial charge on any atom is -0.391 e. The monoisotopic (exact) mass is 395 g/mol. The van der Waals surface area contributed by atoms with Crippen molar-refractivity contribution in [3.8, 4) is 0 Å². The summed E-state index contributed by atoms with van der Waals surface area (Å²) >= 11 is 0. The van der Waals surface area contributed by atoms with E-state index in [0.717, 1.165) is 60.6 Å². The highest BCUT2D eigenvalue weighted by molar-refractivity contribution is 5.90. The first-order valence-electron chi connectivity index (χ1n) is 10.8. The molecule has 4 heterocycles. The first kappa shape index (κ1) is 18.7. The summed E-state index contributed by atoms with van der Waals surface area (Å²) in [4.78, 5) is 31.0. The Bertz CT molecular complexity index is 948. The topological polar surface area (TPSA) is 82.5 Å². The van der Waals surface area contributed by atoms with Crippen molar-refractivity contribution in [2.45, 2.75) is 52.1 Å². The quantitative estimate of drug-likeness (QED) is 0.858. The molecule has 0 aromatic carbocycles. The van der Waals surface area contributed by atoms with E-state index in [4.69, 9.17) is 0 Å². The molecule has 1 N–H and O–H groups in total. The summed E-state index contributed by atoms with van der Waals surface area (Å²) in [5.74, 6) is 1.82. The third-order valence-corrected chi connectivity index (χ3v) is 6.90. The Morgan fingerprint density at radius 1 is 1.21 bits per heavy atom. The summed E-state index contributed by atoms with van der Waals surface area (Å²) < 4.78 is 0. The molecule has 3 aliphatic rings. The van der Waals surface area contributed by atoms with Crippen LogP contribution in [0.3, 0.4) is 0 Å². The summed E-state index contributed by atoms with van der Waals surface area (Å²) in [5, 5.41) is 11.5. The number of aryl methyl sites for hydroxylation is 2. The lowest BCUT2D eigenvalue weighted by Crippen LogP contribution is -2.58. The molecule has 2 aromatic heterocycles. The van der Waals surface area contributed by atoms with Crippen molar-refractivity contribution in [2.24, 2.45) is 11.3 Å². The summed E-state index contributed by atoms with van der Waals surface area (Å²) in [7, 11) is 0. The van der Waals surface area contributed by atoms with Gasteiger partial charge in [-0.25, -0.2) is 15.0 Å². The Kier molecular flexibility index (Phi) is 4.46. The van der Waals surface area contributed by atoms with E-state index in [9.17, 15) is 9.90 Å². The Hall–Kier alpha value is -2.28. The highest BCUT2D eigenvalue weighted by Gasteiger charge is 2.49. The SMILES string of the molecule is Cc1cc(C)c2c(N3CCC4(CC3)CC(O)CN(CC3CC3)C4=O)ncnc2n1. The molecule has 0 bridgehead atoms. The summed E-state index contributed by atoms with van der Waals surface area (Å²) in [6.07, 6.45) is 5.71. The zero-order valence-corrected chi connectivity index (χ0v) is 17.3. The fourth-order valence-electron chi connectivity index (χ4n) is 5.24. The molecule has 3 fully saturated rings. The Morgan fingerprint density at radius 2 is 1.97 bits per heavy atom. The molecule has 2 aromatic rings. The van der Waals surface area contributed by atoms with E-state index >= 15 is 0 Å². The van der Waals surface area contributed by atoms with Gasteiger partial charge in [0.2, 0.25) is 5.91 Å². The number of fused-ring (bicyclic) bond motifs is 1. The summed E-state index contributed by atoms with van der Waals surface area (Å²) in [6, 6.07) is 2.07. The Morgan fingerprint density at radius 3 is 2.69 bits per heavy atom. The van der Waals surface area contributed by atoms with Crippen LogP contribution in [0.4, 0.5) is 5.82 Å². The number of carbonyl (C=O) groups excluding carboxylic acids is 1. The van der Waals surface area contributed by atoms with E-state index in [1.807, 2.05) is 11.8 Å². The number of β-amino-alcohol motifs (C(OH)–C–C–N with tert-alkyl or cyclic N) is 1. The van der Waals surface area contributed by atoms with E-state index in [2.05, 4.69) is 32.8 Å². The van der Waals surface area contributed by atoms with Crippen LogP contribution in [0.2, 0.25) is 0 Å². The molecule has 7 heteroatoms. The molecule has 1 saturated carbocycles. The van der Waals surface area contributed by atoms with E-state index in [1.54, 1.807) is 6.33 Å². The molecule has 29 heavy (non-hydrogen) atoms. The van der Waals surface area contributed by atoms with E-state index in [-0.39, 0.29) is 5.91 Å². The molecule has 2 saturated heterocycles. The first-order valence-corrected chi connectivity index (χ1v) is 10.8. The van der Waals surface area contributed by atoms with Crippen LogP contribution in [-0.4, -0.2) is 63.1 Å². The number of aliphatic hydroxyl groups is 1. The van der Waals surface area contributed by atoms with Crippen LogP contribution < -0.4 is 4.90 Å². The van der Waals surface area contributed by atoms with Crippen LogP contribution in [0, 0.1) is 25.2 Å². The van der Waals surface area contributed by atoms with Gasteiger partial charge in [-0.05, 0) is 63.5 Å². The number of hydrogen-bond acceptors (Lipinski definition) is 6. The van der Waals surface area contributed by atoms with E-state index < -0.39 is 11.5 Å². The van der Waals surface area contributed by atoms with Gasteiger partial charge in [-0.2, -0.15) is 0 Å². The molecule has 1 atom stereocenters. The molecule has 1 spiro atoms. The fourth-order valence-corrected chi connectivity index (χ4v) is 5.24. The molecule has 7 nitrogen and oxygen atoms in total. The number of likely N-dealkylation sites (tertiary alicyclic amines) is 1. The van der Waals surface area contributed by atoms with Gasteiger partial charge in [0.1, 0.15) is 12.1 Å². The third-order valence-electron chi connectivity index (χ3n) is 6.90. The van der Waals surface area contributed by atoms with Crippen LogP contribution in [0.5, 0.6) is 0 Å². The van der Waals surface area contributed by atoms with Crippen molar-refractivity contribution in [1.29, 1.82) is 0 Å². The number of rotatable bonds is 3. The molecule has 0 radical (unpaired) electrons. The second kappa shape index (κ2) is 6.90. The van der Waals surface area contributed by atoms with Crippen molar-refractivity contribution in [3.63, 3.8) is 0 Å². The van der Waals surface area contributed by atoms with Gasteiger partial charge < -0.3 is 14.9 Å². The maximum absolute atomic E-state index is 13.3. The van der Waals surface area contributed by atoms with Gasteiger partial charge in [0.15, 0.2) is 5.65 Å². The smallest absolute Gasteiger partial charge is 0.229 e. The average Bonchev–Trinajstić information content (AvgIpc) is 3.50. The van der Waals surface area contributed by atoms with Gasteiger partial charge in [0.05, 0.1) is 16.9 Å². The van der Waals surface area contributed by atoms with Gasteiger partial charge in [-0.15, -0.1) is 0 Å². The van der Waals surface area contributed by atoms with Gasteiger partial charge in [0, 0.05) is 31.9 Å². The van der Waals surface area contributed by atoms with Gasteiger partial charge in [-0.1, -0.05) is 0 Å². The predicted molar refractivity (Wildman–Crippen MR) is 111 cm³/mol. The number of pyridine rings is 1. The van der Waals surface area contributed by atoms with Crippen molar-refractivity contribution in [2.75, 3.05) is 31.1 Å². The number of anilines is 1. The number of nitrogens with zero attached hydrogens (tertiary/aromatic N) is 5. The lowest BCUT2D eigenvalue weighted by atomic mass is 9.70. The normalized spacial score (nSPS) is 24.5. The minimum atomic E-state index is -0.421. The molecule has 1 unspecified atom stereocenters. The number of aliphatic hydroxyl groups excluding tert-OH is 1. The lowest BCUT2D eigenvalue weighted by Gasteiger charge is -2.48. The maximum atomic E-state index is 13.3. The Balaban J connectivity index is 1.39. The molecular weight excluding hydrogens is 366 g/mol. The standard InChI is InChI=1S/C22H29N5O2/c1-14-9-15(2)25-19-18(14)20(24-13-23-19)26-7-5-22(6-8-26)10-17(28)12-27(21(22)29)11-16-3-4-16/h9,13,16-17,28H,3-8,10-12H2,1-2H3. The number of amides is 1. The van der Waals surface area contributed by atoms with Crippen molar-refractivity contribution in [3.05, 3.63) is 23.7 Å². The number of hydrogen-bond donors (Lipinski definition) is 1. The van der Waals surface area contributed by atoms with Gasteiger partial charge in [-0.3, -0.25) is 4.79 Å². The highest BCUT2D eigenvalue weighted by Crippen LogP contribution is 2.43. The van der Waals surface area contributed by atoms with Gasteiger partial charge in [0.25, 0.3) is 0 Å². The van der Waals surface area contributed by atoms with E-state index in [1.165, 1.54) is 12.8 Å². The number of carbonyl (C=O) groups is 1. The van der Waals surface area contributed by atoms with E-state index in [0.29, 0.717) is 18.9 Å². The zero-order valence-electron chi connectivity index (χ0n) is 17.3. The Labute approximate surface area is 171 Å². The van der Waals surface area contributed by atoms with Crippen molar-refractivity contribution < 1.29 is 9.90 Å². The second-order valence-electron chi connectivity index (χ2n) is 9.26. The third kappa shape index (κ3) is 3.35. The zero-order chi connectivity index (χ0) is 20.2. The molecule has 1 aliphatic carbocycles. The minimum absolute atomic E-state index is 0.260. The molecule has 5 rings (SSSR count). The largest absolute Gasteiger partial charge is 0.391 e. The predicted octanol–water partition coefficient (Wildman–Crippen LogP) is 2.23. The van der Waals surface area contributed by atoms with Gasteiger partial charge >= 0.3 is 0 Å². The van der Waals surface area contributed by atoms with Crippen molar-refractivity contribution >= 4 is 22.8 Å². The summed E-state index contributed by atoms with van der Waals surface area (Å²) in [5.41, 5.74) is 2.39. The lowest BCUT2D eigenvalue weighted by molar-refractivity contribution is -0.154. The second-order valence-corrected chi connectivity index (χ2v) is 9.26. The van der Waals surface area contributed by atoms with Crippen LogP contribution in [0.1, 0.15) is 43.4 Å². The highest BCUT2D eigenvalue weighted by atomic mass is 16.3. The molecule has 2 aliphatic heterocycles. The average molecular weight is 396 g/mol. The fraction of sp³-hybridized carbons (Fsp3) is 0.636. The molecule has 154 valence electrons. The molecule has 1 amide bonds. The first-order chi connectivity index (χ1) is 13.9. The van der Waals surface area contributed by atoms with Crippen LogP contribution in [0.25, 0.3) is 11.0 Å². The van der Waals surface area contributed by atoms with Crippen LogP contribution >= 0.6 is 0 Å². The number of aromatic nitrogens is 3. The van der Waals surface area contributed by atoms with Crippen molar-refractivity contribution in [1.82, 2.24) is 19.9 Å². The van der Waals surface area contributed by atoms with Crippen LogP contribution in [-0.2, 0) is 4.79 Å². The summed E-state index contributed by atoms with van der Waals surface area (Å²) in [6.45, 7) is 6.90. The van der Waals surface area contributed by atoms with Crippen LogP contribution in [0.15, 0.2) is 12.4 Å². The number of piperidine rings is 2. The maximum Gasteiger partial charge on any atom is 0.229 e.